The third kappa shape index (κ3) is 3.81. The van der Waals surface area contributed by atoms with Crippen LogP contribution in [0.1, 0.15) is 19.3 Å². The van der Waals surface area contributed by atoms with E-state index < -0.39 is 11.2 Å². The van der Waals surface area contributed by atoms with E-state index in [4.69, 9.17) is 4.74 Å². The Hall–Kier alpha value is -2.42. The third-order valence-corrected chi connectivity index (χ3v) is 4.34. The second-order valence-corrected chi connectivity index (χ2v) is 6.48. The number of hydrogen-bond acceptors (Lipinski definition) is 5. The molecule has 2 aromatic heterocycles. The lowest BCUT2D eigenvalue weighted by molar-refractivity contribution is -0.121. The fourth-order valence-electron chi connectivity index (χ4n) is 2.67. The molecule has 0 saturated heterocycles. The number of aromatic nitrogens is 4. The molecular weight excluding hydrogens is 326 g/mol. The summed E-state index contributed by atoms with van der Waals surface area (Å²) in [5.41, 5.74) is -0.467. The van der Waals surface area contributed by atoms with Crippen LogP contribution in [-0.4, -0.2) is 44.4 Å². The van der Waals surface area contributed by atoms with Gasteiger partial charge in [-0.15, -0.1) is 0 Å². The molecule has 2 heterocycles. The third-order valence-electron chi connectivity index (χ3n) is 4.34. The van der Waals surface area contributed by atoms with Crippen molar-refractivity contribution in [2.24, 2.45) is 20.0 Å². The maximum Gasteiger partial charge on any atom is 0.332 e. The van der Waals surface area contributed by atoms with E-state index >= 15 is 0 Å². The molecule has 3 rings (SSSR count). The summed E-state index contributed by atoms with van der Waals surface area (Å²) in [4.78, 5) is 40.9. The Morgan fingerprint density at radius 2 is 2.12 bits per heavy atom. The van der Waals surface area contributed by atoms with Gasteiger partial charge in [0.25, 0.3) is 5.56 Å². The Balaban J connectivity index is 1.60. The smallest absolute Gasteiger partial charge is 0.332 e. The van der Waals surface area contributed by atoms with Crippen LogP contribution in [0.3, 0.4) is 0 Å². The minimum atomic E-state index is -0.556. The van der Waals surface area contributed by atoms with Crippen LogP contribution in [0.2, 0.25) is 0 Å². The largest absolute Gasteiger partial charge is 0.381 e. The average Bonchev–Trinajstić information content (AvgIpc) is 3.33. The Kier molecular flexibility index (Phi) is 5.03. The second-order valence-electron chi connectivity index (χ2n) is 6.48. The molecule has 0 unspecified atom stereocenters. The Labute approximate surface area is 144 Å². The van der Waals surface area contributed by atoms with Crippen molar-refractivity contribution >= 4 is 17.1 Å². The van der Waals surface area contributed by atoms with Gasteiger partial charge in [0.15, 0.2) is 11.2 Å². The first-order valence-electron chi connectivity index (χ1n) is 8.44. The number of rotatable bonds is 8. The van der Waals surface area contributed by atoms with Crippen LogP contribution >= 0.6 is 0 Å². The summed E-state index contributed by atoms with van der Waals surface area (Å²) < 4.78 is 9.25. The number of nitrogens with one attached hydrogen (secondary N) is 1. The quantitative estimate of drug-likeness (QED) is 0.640. The maximum absolute atomic E-state index is 12.5. The van der Waals surface area contributed by atoms with E-state index in [0.29, 0.717) is 30.7 Å². The number of aryl methyl sites for hydroxylation is 2. The van der Waals surface area contributed by atoms with Crippen molar-refractivity contribution in [2.45, 2.75) is 25.8 Å². The number of fused-ring (bicyclic) bond motifs is 1. The maximum atomic E-state index is 12.5. The molecule has 0 aliphatic heterocycles. The first-order valence-corrected chi connectivity index (χ1v) is 8.44. The molecule has 1 amide bonds. The van der Waals surface area contributed by atoms with Crippen molar-refractivity contribution in [3.8, 4) is 0 Å². The molecule has 0 radical (unpaired) electrons. The SMILES string of the molecule is Cn1cnc2c1c(=O)n(CC(=O)NCCCOCC1CC1)c(=O)n2C. The first kappa shape index (κ1) is 17.4. The van der Waals surface area contributed by atoms with Crippen molar-refractivity contribution in [1.82, 2.24) is 24.0 Å². The van der Waals surface area contributed by atoms with Gasteiger partial charge in [-0.2, -0.15) is 0 Å². The van der Waals surface area contributed by atoms with Gasteiger partial charge in [0, 0.05) is 33.9 Å². The predicted molar refractivity (Wildman–Crippen MR) is 91.4 cm³/mol. The van der Waals surface area contributed by atoms with Crippen LogP contribution in [0.5, 0.6) is 0 Å². The topological polar surface area (TPSA) is 100 Å². The second kappa shape index (κ2) is 7.22. The molecule has 0 bridgehead atoms. The molecule has 0 spiro atoms. The van der Waals surface area contributed by atoms with Crippen LogP contribution in [-0.2, 0) is 30.2 Å². The molecule has 1 N–H and O–H groups in total. The Morgan fingerprint density at radius 3 is 2.84 bits per heavy atom. The van der Waals surface area contributed by atoms with E-state index in [0.717, 1.165) is 17.1 Å². The lowest BCUT2D eigenvalue weighted by Crippen LogP contribution is -2.43. The zero-order chi connectivity index (χ0) is 18.0. The van der Waals surface area contributed by atoms with Gasteiger partial charge < -0.3 is 14.6 Å². The van der Waals surface area contributed by atoms with Gasteiger partial charge in [-0.3, -0.25) is 14.2 Å². The van der Waals surface area contributed by atoms with Crippen LogP contribution in [0.15, 0.2) is 15.9 Å². The van der Waals surface area contributed by atoms with Crippen molar-refractivity contribution in [1.29, 1.82) is 0 Å². The van der Waals surface area contributed by atoms with E-state index in [1.54, 1.807) is 11.6 Å². The van der Waals surface area contributed by atoms with Crippen LogP contribution < -0.4 is 16.6 Å². The van der Waals surface area contributed by atoms with Crippen molar-refractivity contribution in [2.75, 3.05) is 19.8 Å². The normalized spacial score (nSPS) is 14.2. The molecule has 9 nitrogen and oxygen atoms in total. The van der Waals surface area contributed by atoms with E-state index in [2.05, 4.69) is 10.3 Å². The molecule has 0 aromatic carbocycles. The Bertz CT molecular complexity index is 890. The fraction of sp³-hybridized carbons (Fsp3) is 0.625. The summed E-state index contributed by atoms with van der Waals surface area (Å²) in [7, 11) is 3.20. The number of ether oxygens (including phenoxy) is 1. The number of amides is 1. The molecule has 1 aliphatic carbocycles. The number of carbonyl (C=O) groups excluding carboxylic acids is 1. The monoisotopic (exact) mass is 349 g/mol. The van der Waals surface area contributed by atoms with Crippen molar-refractivity contribution in [3.63, 3.8) is 0 Å². The van der Waals surface area contributed by atoms with E-state index in [1.807, 2.05) is 0 Å². The van der Waals surface area contributed by atoms with Gasteiger partial charge in [0.05, 0.1) is 6.33 Å². The molecule has 136 valence electrons. The van der Waals surface area contributed by atoms with E-state index in [-0.39, 0.29) is 12.5 Å². The van der Waals surface area contributed by atoms with Gasteiger partial charge in [-0.1, -0.05) is 0 Å². The van der Waals surface area contributed by atoms with E-state index in [9.17, 15) is 14.4 Å². The molecular formula is C16H23N5O4. The first-order chi connectivity index (χ1) is 12.0. The van der Waals surface area contributed by atoms with Gasteiger partial charge >= 0.3 is 5.69 Å². The van der Waals surface area contributed by atoms with Crippen molar-refractivity contribution < 1.29 is 9.53 Å². The van der Waals surface area contributed by atoms with Gasteiger partial charge in [-0.25, -0.2) is 14.3 Å². The summed E-state index contributed by atoms with van der Waals surface area (Å²) in [6, 6.07) is 0. The number of nitrogens with zero attached hydrogens (tertiary/aromatic N) is 4. The van der Waals surface area contributed by atoms with Gasteiger partial charge in [-0.05, 0) is 25.2 Å². The molecule has 25 heavy (non-hydrogen) atoms. The molecule has 9 heteroatoms. The minimum absolute atomic E-state index is 0.295. The van der Waals surface area contributed by atoms with Gasteiger partial charge in [0.1, 0.15) is 6.54 Å². The average molecular weight is 349 g/mol. The standard InChI is InChI=1S/C16H23N5O4/c1-19-10-18-14-13(19)15(23)21(16(24)20(14)2)8-12(22)17-6-3-7-25-9-11-4-5-11/h10-11H,3-9H2,1-2H3,(H,17,22). The number of carbonyl (C=O) groups is 1. The molecule has 2 aromatic rings. The summed E-state index contributed by atoms with van der Waals surface area (Å²) in [5.74, 6) is 0.350. The lowest BCUT2D eigenvalue weighted by Gasteiger charge is -2.09. The lowest BCUT2D eigenvalue weighted by atomic mass is 10.4. The molecule has 1 fully saturated rings. The summed E-state index contributed by atoms with van der Waals surface area (Å²) in [6.45, 7) is 1.53. The number of imidazole rings is 1. The van der Waals surface area contributed by atoms with E-state index in [1.165, 1.54) is 30.8 Å². The highest BCUT2D eigenvalue weighted by Gasteiger charge is 2.21. The molecule has 1 saturated carbocycles. The van der Waals surface area contributed by atoms with Crippen molar-refractivity contribution in [3.05, 3.63) is 27.2 Å². The zero-order valence-corrected chi connectivity index (χ0v) is 14.5. The Morgan fingerprint density at radius 1 is 1.36 bits per heavy atom. The van der Waals surface area contributed by atoms with Crippen LogP contribution in [0, 0.1) is 5.92 Å². The minimum Gasteiger partial charge on any atom is -0.381 e. The molecule has 1 aliphatic rings. The number of hydrogen-bond donors (Lipinski definition) is 1. The highest BCUT2D eigenvalue weighted by atomic mass is 16.5. The summed E-state index contributed by atoms with van der Waals surface area (Å²) >= 11 is 0. The van der Waals surface area contributed by atoms with Crippen LogP contribution in [0.25, 0.3) is 11.2 Å². The highest BCUT2D eigenvalue weighted by Crippen LogP contribution is 2.28. The fourth-order valence-corrected chi connectivity index (χ4v) is 2.67. The van der Waals surface area contributed by atoms with Crippen LogP contribution in [0.4, 0.5) is 0 Å². The summed E-state index contributed by atoms with van der Waals surface area (Å²) in [6.07, 6.45) is 4.67. The summed E-state index contributed by atoms with van der Waals surface area (Å²) in [5, 5.41) is 2.72. The highest BCUT2D eigenvalue weighted by molar-refractivity contribution is 5.76. The van der Waals surface area contributed by atoms with Gasteiger partial charge in [0.2, 0.25) is 5.91 Å². The predicted octanol–water partition coefficient (Wildman–Crippen LogP) is -0.633. The molecule has 0 atom stereocenters. The zero-order valence-electron chi connectivity index (χ0n) is 14.5.